The number of halogens is 1. The maximum Gasteiger partial charge on any atom is 0.224 e. The molecule has 0 bridgehead atoms. The number of para-hydroxylation sites is 1. The summed E-state index contributed by atoms with van der Waals surface area (Å²) in [6.07, 6.45) is 2.71. The SMILES string of the molecule is C=CCCC(=O)Nc1cc(Cl)ccc1Oc1ccccc1. The van der Waals surface area contributed by atoms with Crippen LogP contribution in [0.2, 0.25) is 5.02 Å². The Kier molecular flexibility index (Phi) is 5.41. The van der Waals surface area contributed by atoms with Crippen molar-refractivity contribution in [3.63, 3.8) is 0 Å². The molecule has 2 aromatic rings. The Morgan fingerprint density at radius 2 is 2.00 bits per heavy atom. The number of anilines is 1. The van der Waals surface area contributed by atoms with E-state index < -0.39 is 0 Å². The lowest BCUT2D eigenvalue weighted by atomic mass is 10.2. The first-order valence-corrected chi connectivity index (χ1v) is 7.00. The fourth-order valence-corrected chi connectivity index (χ4v) is 1.92. The van der Waals surface area contributed by atoms with Gasteiger partial charge >= 0.3 is 0 Å². The van der Waals surface area contributed by atoms with E-state index >= 15 is 0 Å². The zero-order valence-corrected chi connectivity index (χ0v) is 12.3. The molecule has 0 atom stereocenters. The monoisotopic (exact) mass is 301 g/mol. The van der Waals surface area contributed by atoms with Gasteiger partial charge in [-0.15, -0.1) is 6.58 Å². The molecule has 3 nitrogen and oxygen atoms in total. The number of nitrogens with one attached hydrogen (secondary N) is 1. The molecule has 0 unspecified atom stereocenters. The highest BCUT2D eigenvalue weighted by molar-refractivity contribution is 6.31. The number of hydrogen-bond donors (Lipinski definition) is 1. The Bertz CT molecular complexity index is 626. The van der Waals surface area contributed by atoms with Crippen molar-refractivity contribution in [2.75, 3.05) is 5.32 Å². The first-order valence-electron chi connectivity index (χ1n) is 6.62. The molecule has 0 heterocycles. The zero-order chi connectivity index (χ0) is 15.1. The highest BCUT2D eigenvalue weighted by Crippen LogP contribution is 2.32. The van der Waals surface area contributed by atoms with Crippen LogP contribution in [0.4, 0.5) is 5.69 Å². The lowest BCUT2D eigenvalue weighted by molar-refractivity contribution is -0.116. The molecule has 0 aliphatic carbocycles. The van der Waals surface area contributed by atoms with E-state index in [2.05, 4.69) is 11.9 Å². The fourth-order valence-electron chi connectivity index (χ4n) is 1.75. The van der Waals surface area contributed by atoms with E-state index in [1.807, 2.05) is 30.3 Å². The number of carbonyl (C=O) groups excluding carboxylic acids is 1. The second-order valence-electron chi connectivity index (χ2n) is 4.43. The van der Waals surface area contributed by atoms with Crippen LogP contribution in [0.25, 0.3) is 0 Å². The van der Waals surface area contributed by atoms with Crippen molar-refractivity contribution < 1.29 is 9.53 Å². The van der Waals surface area contributed by atoms with Crippen LogP contribution in [-0.4, -0.2) is 5.91 Å². The molecule has 2 aromatic carbocycles. The second kappa shape index (κ2) is 7.50. The van der Waals surface area contributed by atoms with Crippen LogP contribution in [0, 0.1) is 0 Å². The molecule has 0 aliphatic rings. The van der Waals surface area contributed by atoms with Gasteiger partial charge in [0.25, 0.3) is 0 Å². The lowest BCUT2D eigenvalue weighted by Gasteiger charge is -2.12. The van der Waals surface area contributed by atoms with Crippen LogP contribution in [-0.2, 0) is 4.79 Å². The third-order valence-corrected chi connectivity index (χ3v) is 3.00. The highest BCUT2D eigenvalue weighted by atomic mass is 35.5. The highest BCUT2D eigenvalue weighted by Gasteiger charge is 2.09. The Morgan fingerprint density at radius 3 is 2.71 bits per heavy atom. The third-order valence-electron chi connectivity index (χ3n) is 2.76. The van der Waals surface area contributed by atoms with Crippen LogP contribution in [0.3, 0.4) is 0 Å². The number of allylic oxidation sites excluding steroid dienone is 1. The van der Waals surface area contributed by atoms with E-state index in [1.165, 1.54) is 0 Å². The molecule has 108 valence electrons. The molecule has 1 N–H and O–H groups in total. The minimum absolute atomic E-state index is 0.102. The zero-order valence-electron chi connectivity index (χ0n) is 11.5. The van der Waals surface area contributed by atoms with Gasteiger partial charge in [0.1, 0.15) is 5.75 Å². The summed E-state index contributed by atoms with van der Waals surface area (Å²) >= 11 is 5.98. The molecule has 0 fully saturated rings. The van der Waals surface area contributed by atoms with Gasteiger partial charge in [0, 0.05) is 11.4 Å². The number of ether oxygens (including phenoxy) is 1. The maximum atomic E-state index is 11.8. The molecular weight excluding hydrogens is 286 g/mol. The number of rotatable bonds is 6. The topological polar surface area (TPSA) is 38.3 Å². The van der Waals surface area contributed by atoms with Gasteiger partial charge in [-0.1, -0.05) is 35.9 Å². The Balaban J connectivity index is 2.17. The van der Waals surface area contributed by atoms with Crippen molar-refractivity contribution in [2.24, 2.45) is 0 Å². The van der Waals surface area contributed by atoms with Crippen LogP contribution in [0.1, 0.15) is 12.8 Å². The largest absolute Gasteiger partial charge is 0.455 e. The summed E-state index contributed by atoms with van der Waals surface area (Å²) in [6.45, 7) is 3.60. The van der Waals surface area contributed by atoms with Crippen molar-refractivity contribution in [2.45, 2.75) is 12.8 Å². The molecule has 0 spiro atoms. The summed E-state index contributed by atoms with van der Waals surface area (Å²) in [6, 6.07) is 14.5. The molecule has 0 saturated carbocycles. The molecule has 2 rings (SSSR count). The summed E-state index contributed by atoms with van der Waals surface area (Å²) in [7, 11) is 0. The molecule has 1 amide bonds. The van der Waals surface area contributed by atoms with Crippen molar-refractivity contribution in [3.8, 4) is 11.5 Å². The molecule has 0 aliphatic heterocycles. The number of amides is 1. The van der Waals surface area contributed by atoms with Crippen LogP contribution < -0.4 is 10.1 Å². The van der Waals surface area contributed by atoms with Gasteiger partial charge in [0.05, 0.1) is 5.69 Å². The Morgan fingerprint density at radius 1 is 1.24 bits per heavy atom. The molecule has 4 heteroatoms. The minimum Gasteiger partial charge on any atom is -0.455 e. The summed E-state index contributed by atoms with van der Waals surface area (Å²) in [5.41, 5.74) is 0.556. The molecule has 0 saturated heterocycles. The lowest BCUT2D eigenvalue weighted by Crippen LogP contribution is -2.11. The van der Waals surface area contributed by atoms with Gasteiger partial charge in [-0.2, -0.15) is 0 Å². The first kappa shape index (κ1) is 15.1. The van der Waals surface area contributed by atoms with Gasteiger partial charge < -0.3 is 10.1 Å². The third kappa shape index (κ3) is 4.65. The smallest absolute Gasteiger partial charge is 0.224 e. The minimum atomic E-state index is -0.102. The summed E-state index contributed by atoms with van der Waals surface area (Å²) in [5.74, 6) is 1.15. The van der Waals surface area contributed by atoms with E-state index in [-0.39, 0.29) is 5.91 Å². The molecule has 21 heavy (non-hydrogen) atoms. The summed E-state index contributed by atoms with van der Waals surface area (Å²) in [4.78, 5) is 11.8. The van der Waals surface area contributed by atoms with Crippen LogP contribution in [0.15, 0.2) is 61.2 Å². The number of carbonyl (C=O) groups is 1. The number of benzene rings is 2. The fraction of sp³-hybridized carbons (Fsp3) is 0.118. The molecular formula is C17H16ClNO2. The van der Waals surface area contributed by atoms with Gasteiger partial charge in [-0.05, 0) is 36.8 Å². The van der Waals surface area contributed by atoms with Gasteiger partial charge in [0.2, 0.25) is 5.91 Å². The Labute approximate surface area is 129 Å². The average molecular weight is 302 g/mol. The van der Waals surface area contributed by atoms with Crippen molar-refractivity contribution in [1.82, 2.24) is 0 Å². The van der Waals surface area contributed by atoms with E-state index in [0.29, 0.717) is 35.1 Å². The molecule has 0 radical (unpaired) electrons. The maximum absolute atomic E-state index is 11.8. The van der Waals surface area contributed by atoms with Crippen LogP contribution in [0.5, 0.6) is 11.5 Å². The van der Waals surface area contributed by atoms with E-state index in [1.54, 1.807) is 24.3 Å². The standard InChI is InChI=1S/C17H16ClNO2/c1-2-3-9-17(20)19-15-12-13(18)10-11-16(15)21-14-7-5-4-6-8-14/h2,4-8,10-12H,1,3,9H2,(H,19,20). The van der Waals surface area contributed by atoms with Crippen molar-refractivity contribution >= 4 is 23.2 Å². The van der Waals surface area contributed by atoms with Crippen molar-refractivity contribution in [1.29, 1.82) is 0 Å². The van der Waals surface area contributed by atoms with Gasteiger partial charge in [-0.25, -0.2) is 0 Å². The van der Waals surface area contributed by atoms with Gasteiger partial charge in [0.15, 0.2) is 5.75 Å². The summed E-state index contributed by atoms with van der Waals surface area (Å²) in [5, 5.41) is 3.35. The normalized spacial score (nSPS) is 9.95. The quantitative estimate of drug-likeness (QED) is 0.759. The van der Waals surface area contributed by atoms with E-state index in [9.17, 15) is 4.79 Å². The average Bonchev–Trinajstić information content (AvgIpc) is 2.49. The van der Waals surface area contributed by atoms with Gasteiger partial charge in [-0.3, -0.25) is 4.79 Å². The van der Waals surface area contributed by atoms with Crippen LogP contribution >= 0.6 is 11.6 Å². The van der Waals surface area contributed by atoms with Crippen molar-refractivity contribution in [3.05, 3.63) is 66.2 Å². The van der Waals surface area contributed by atoms with E-state index in [0.717, 1.165) is 0 Å². The molecule has 0 aromatic heterocycles. The predicted octanol–water partition coefficient (Wildman–Crippen LogP) is 5.04. The predicted molar refractivity (Wildman–Crippen MR) is 86.0 cm³/mol. The number of hydrogen-bond acceptors (Lipinski definition) is 2. The Hall–Kier alpha value is -2.26. The second-order valence-corrected chi connectivity index (χ2v) is 4.87. The summed E-state index contributed by atoms with van der Waals surface area (Å²) < 4.78 is 5.78. The van der Waals surface area contributed by atoms with E-state index in [4.69, 9.17) is 16.3 Å². The first-order chi connectivity index (χ1) is 10.2.